The van der Waals surface area contributed by atoms with Gasteiger partial charge in [0.2, 0.25) is 0 Å². The molecule has 2 N–H and O–H groups in total. The summed E-state index contributed by atoms with van der Waals surface area (Å²) >= 11 is 5.81. The third-order valence-corrected chi connectivity index (χ3v) is 2.64. The molecule has 3 amide bonds. The monoisotopic (exact) mass is 278 g/mol. The lowest BCUT2D eigenvalue weighted by molar-refractivity contribution is 0.0940. The molecular formula is C13H11ClN2O3. The number of anilines is 1. The summed E-state index contributed by atoms with van der Waals surface area (Å²) in [6.07, 6.45) is 1.36. The molecule has 1 aromatic heterocycles. The smallest absolute Gasteiger partial charge is 0.326 e. The minimum atomic E-state index is -0.633. The van der Waals surface area contributed by atoms with Crippen LogP contribution in [0.15, 0.2) is 41.0 Å². The Kier molecular flexibility index (Phi) is 3.87. The van der Waals surface area contributed by atoms with Gasteiger partial charge in [0.05, 0.1) is 6.26 Å². The zero-order valence-corrected chi connectivity index (χ0v) is 10.8. The van der Waals surface area contributed by atoms with E-state index in [2.05, 4.69) is 10.6 Å². The highest BCUT2D eigenvalue weighted by Gasteiger charge is 2.13. The van der Waals surface area contributed by atoms with E-state index in [4.69, 9.17) is 16.0 Å². The van der Waals surface area contributed by atoms with Crippen LogP contribution in [0, 0.1) is 6.92 Å². The Hall–Kier alpha value is -2.27. The minimum Gasteiger partial charge on any atom is -0.459 e. The van der Waals surface area contributed by atoms with Gasteiger partial charge in [0.15, 0.2) is 5.76 Å². The van der Waals surface area contributed by atoms with Gasteiger partial charge in [-0.3, -0.25) is 10.1 Å². The second-order valence-corrected chi connectivity index (χ2v) is 4.28. The first-order valence-corrected chi connectivity index (χ1v) is 5.86. The number of furan rings is 1. The van der Waals surface area contributed by atoms with Crippen LogP contribution >= 0.6 is 11.6 Å². The van der Waals surface area contributed by atoms with Crippen LogP contribution in [0.3, 0.4) is 0 Å². The third-order valence-electron chi connectivity index (χ3n) is 2.41. The van der Waals surface area contributed by atoms with Gasteiger partial charge in [-0.15, -0.1) is 0 Å². The van der Waals surface area contributed by atoms with E-state index in [9.17, 15) is 9.59 Å². The number of aryl methyl sites for hydroxylation is 1. The van der Waals surface area contributed by atoms with Gasteiger partial charge in [-0.1, -0.05) is 11.6 Å². The van der Waals surface area contributed by atoms with E-state index in [-0.39, 0.29) is 5.76 Å². The lowest BCUT2D eigenvalue weighted by atomic mass is 10.2. The van der Waals surface area contributed by atoms with Gasteiger partial charge in [-0.25, -0.2) is 4.79 Å². The number of urea groups is 1. The van der Waals surface area contributed by atoms with Gasteiger partial charge in [0.25, 0.3) is 5.91 Å². The fourth-order valence-corrected chi connectivity index (χ4v) is 1.72. The van der Waals surface area contributed by atoms with Crippen molar-refractivity contribution in [1.82, 2.24) is 5.32 Å². The molecule has 6 heteroatoms. The number of hydrogen-bond donors (Lipinski definition) is 2. The molecule has 0 bridgehead atoms. The van der Waals surface area contributed by atoms with Crippen LogP contribution in [0.2, 0.25) is 5.02 Å². The molecule has 0 aliphatic heterocycles. The summed E-state index contributed by atoms with van der Waals surface area (Å²) in [6.45, 7) is 1.80. The Balaban J connectivity index is 2.00. The molecule has 2 aromatic rings. The SMILES string of the molecule is Cc1cc(Cl)ccc1NC(=O)NC(=O)c1ccco1. The molecule has 0 unspecified atom stereocenters. The molecule has 2 rings (SSSR count). The third kappa shape index (κ3) is 3.35. The zero-order valence-electron chi connectivity index (χ0n) is 10.1. The van der Waals surface area contributed by atoms with Crippen molar-refractivity contribution in [3.8, 4) is 0 Å². The van der Waals surface area contributed by atoms with Crippen molar-refractivity contribution in [3.05, 3.63) is 52.9 Å². The van der Waals surface area contributed by atoms with Gasteiger partial charge in [0.1, 0.15) is 0 Å². The lowest BCUT2D eigenvalue weighted by Crippen LogP contribution is -2.34. The predicted octanol–water partition coefficient (Wildman–Crippen LogP) is 3.20. The Bertz CT molecular complexity index is 608. The number of amides is 3. The zero-order chi connectivity index (χ0) is 13.8. The predicted molar refractivity (Wildman–Crippen MR) is 71.4 cm³/mol. The maximum Gasteiger partial charge on any atom is 0.326 e. The summed E-state index contributed by atoms with van der Waals surface area (Å²) in [5, 5.41) is 5.29. The van der Waals surface area contributed by atoms with Crippen LogP contribution in [-0.2, 0) is 0 Å². The second-order valence-electron chi connectivity index (χ2n) is 3.84. The van der Waals surface area contributed by atoms with Crippen molar-refractivity contribution < 1.29 is 14.0 Å². The van der Waals surface area contributed by atoms with Crippen LogP contribution in [-0.4, -0.2) is 11.9 Å². The quantitative estimate of drug-likeness (QED) is 0.886. The molecule has 0 saturated carbocycles. The standard InChI is InChI=1S/C13H11ClN2O3/c1-8-7-9(14)4-5-10(8)15-13(18)16-12(17)11-3-2-6-19-11/h2-7H,1H3,(H2,15,16,17,18). The molecular weight excluding hydrogens is 268 g/mol. The number of rotatable bonds is 2. The summed E-state index contributed by atoms with van der Waals surface area (Å²) in [5.74, 6) is -0.530. The highest BCUT2D eigenvalue weighted by atomic mass is 35.5. The first kappa shape index (κ1) is 13.2. The van der Waals surface area contributed by atoms with E-state index in [1.807, 2.05) is 0 Å². The van der Waals surface area contributed by atoms with Crippen LogP contribution in [0.1, 0.15) is 16.1 Å². The Morgan fingerprint density at radius 2 is 2.05 bits per heavy atom. The normalized spacial score (nSPS) is 10.0. The van der Waals surface area contributed by atoms with Crippen molar-refractivity contribution in [1.29, 1.82) is 0 Å². The average molecular weight is 279 g/mol. The maximum atomic E-state index is 11.6. The molecule has 0 fully saturated rings. The second kappa shape index (κ2) is 5.58. The molecule has 98 valence electrons. The number of nitrogens with one attached hydrogen (secondary N) is 2. The van der Waals surface area contributed by atoms with Crippen LogP contribution in [0.4, 0.5) is 10.5 Å². The van der Waals surface area contributed by atoms with Gasteiger partial charge >= 0.3 is 6.03 Å². The van der Waals surface area contributed by atoms with Crippen molar-refractivity contribution >= 4 is 29.2 Å². The largest absolute Gasteiger partial charge is 0.459 e. The molecule has 5 nitrogen and oxygen atoms in total. The van der Waals surface area contributed by atoms with Crippen LogP contribution < -0.4 is 10.6 Å². The van der Waals surface area contributed by atoms with E-state index in [1.165, 1.54) is 12.3 Å². The Labute approximate surface area is 114 Å². The van der Waals surface area contributed by atoms with Crippen LogP contribution in [0.25, 0.3) is 0 Å². The highest BCUT2D eigenvalue weighted by molar-refractivity contribution is 6.30. The molecule has 1 heterocycles. The fourth-order valence-electron chi connectivity index (χ4n) is 1.49. The van der Waals surface area contributed by atoms with Gasteiger partial charge < -0.3 is 9.73 Å². The van der Waals surface area contributed by atoms with Crippen molar-refractivity contribution in [2.24, 2.45) is 0 Å². The summed E-state index contributed by atoms with van der Waals surface area (Å²) in [7, 11) is 0. The van der Waals surface area contributed by atoms with Crippen molar-refractivity contribution in [3.63, 3.8) is 0 Å². The summed E-state index contributed by atoms with van der Waals surface area (Å²) < 4.78 is 4.88. The van der Waals surface area contributed by atoms with Crippen LogP contribution in [0.5, 0.6) is 0 Å². The summed E-state index contributed by atoms with van der Waals surface area (Å²) in [5.41, 5.74) is 1.38. The first-order valence-electron chi connectivity index (χ1n) is 5.48. The molecule has 0 radical (unpaired) electrons. The maximum absolute atomic E-state index is 11.6. The highest BCUT2D eigenvalue weighted by Crippen LogP contribution is 2.19. The minimum absolute atomic E-state index is 0.0722. The van der Waals surface area contributed by atoms with E-state index in [0.29, 0.717) is 10.7 Å². The molecule has 0 saturated heterocycles. The topological polar surface area (TPSA) is 71.3 Å². The number of benzene rings is 1. The number of carbonyl (C=O) groups excluding carboxylic acids is 2. The number of halogens is 1. The van der Waals surface area contributed by atoms with Gasteiger partial charge in [-0.2, -0.15) is 0 Å². The molecule has 0 aliphatic rings. The molecule has 0 aliphatic carbocycles. The van der Waals surface area contributed by atoms with E-state index >= 15 is 0 Å². The van der Waals surface area contributed by atoms with Crippen molar-refractivity contribution in [2.75, 3.05) is 5.32 Å². The van der Waals surface area contributed by atoms with Crippen molar-refractivity contribution in [2.45, 2.75) is 6.92 Å². The molecule has 0 spiro atoms. The van der Waals surface area contributed by atoms with E-state index < -0.39 is 11.9 Å². The number of carbonyl (C=O) groups is 2. The van der Waals surface area contributed by atoms with E-state index in [1.54, 1.807) is 31.2 Å². The lowest BCUT2D eigenvalue weighted by Gasteiger charge is -2.08. The Morgan fingerprint density at radius 3 is 2.68 bits per heavy atom. The summed E-state index contributed by atoms with van der Waals surface area (Å²) in [6, 6.07) is 7.43. The summed E-state index contributed by atoms with van der Waals surface area (Å²) in [4.78, 5) is 23.2. The van der Waals surface area contributed by atoms with E-state index in [0.717, 1.165) is 5.56 Å². The Morgan fingerprint density at radius 1 is 1.26 bits per heavy atom. The molecule has 1 aromatic carbocycles. The average Bonchev–Trinajstić information content (AvgIpc) is 2.86. The molecule has 0 atom stereocenters. The number of imide groups is 1. The molecule has 19 heavy (non-hydrogen) atoms. The fraction of sp³-hybridized carbons (Fsp3) is 0.0769. The van der Waals surface area contributed by atoms with Gasteiger partial charge in [-0.05, 0) is 42.8 Å². The first-order chi connectivity index (χ1) is 9.06. The number of hydrogen-bond acceptors (Lipinski definition) is 3. The van der Waals surface area contributed by atoms with Gasteiger partial charge in [0, 0.05) is 10.7 Å².